The summed E-state index contributed by atoms with van der Waals surface area (Å²) in [5, 5.41) is 0. The van der Waals surface area contributed by atoms with Crippen LogP contribution in [0.4, 0.5) is 0 Å². The van der Waals surface area contributed by atoms with Gasteiger partial charge in [0.1, 0.15) is 0 Å². The highest BCUT2D eigenvalue weighted by molar-refractivity contribution is 7.46. The molecule has 1 atom stereocenters. The summed E-state index contributed by atoms with van der Waals surface area (Å²) in [5.74, 6) is 0. The van der Waals surface area contributed by atoms with Gasteiger partial charge < -0.3 is 14.5 Å². The highest BCUT2D eigenvalue weighted by Crippen LogP contribution is 2.37. The minimum absolute atomic E-state index is 0.162. The Morgan fingerprint density at radius 1 is 1.54 bits per heavy atom. The van der Waals surface area contributed by atoms with Gasteiger partial charge >= 0.3 is 7.82 Å². The van der Waals surface area contributed by atoms with Crippen molar-refractivity contribution in [3.8, 4) is 0 Å². The van der Waals surface area contributed by atoms with Crippen LogP contribution in [0.3, 0.4) is 0 Å². The van der Waals surface area contributed by atoms with Crippen LogP contribution in [0.25, 0.3) is 0 Å². The summed E-state index contributed by atoms with van der Waals surface area (Å²) in [5.41, 5.74) is 0. The molecule has 2 N–H and O–H groups in total. The third-order valence-electron chi connectivity index (χ3n) is 1.12. The molecule has 0 aliphatic rings. The minimum atomic E-state index is -4.38. The maximum absolute atomic E-state index is 10.3. The molecule has 0 saturated carbocycles. The standard InChI is InChI=1S/C7H15O5P/c1-3-4-5-11-6-7(2)12-13(8,9)10/h3-4,7H,5-6H2,1-2H3,(H2,8,9,10). The van der Waals surface area contributed by atoms with Crippen molar-refractivity contribution in [3.63, 3.8) is 0 Å². The molecular weight excluding hydrogens is 195 g/mol. The number of allylic oxidation sites excluding steroid dienone is 1. The molecule has 0 amide bonds. The lowest BCUT2D eigenvalue weighted by molar-refractivity contribution is 0.0535. The van der Waals surface area contributed by atoms with E-state index >= 15 is 0 Å². The topological polar surface area (TPSA) is 76.0 Å². The van der Waals surface area contributed by atoms with E-state index in [9.17, 15) is 4.57 Å². The Labute approximate surface area is 77.6 Å². The van der Waals surface area contributed by atoms with Gasteiger partial charge in [0, 0.05) is 0 Å². The summed E-state index contributed by atoms with van der Waals surface area (Å²) in [7, 11) is -4.38. The van der Waals surface area contributed by atoms with Crippen molar-refractivity contribution < 1.29 is 23.6 Å². The second kappa shape index (κ2) is 6.29. The zero-order chi connectivity index (χ0) is 10.3. The molecular formula is C7H15O5P. The Bertz CT molecular complexity index is 197. The van der Waals surface area contributed by atoms with Gasteiger partial charge in [-0.05, 0) is 13.8 Å². The third kappa shape index (κ3) is 9.73. The van der Waals surface area contributed by atoms with Crippen molar-refractivity contribution in [2.24, 2.45) is 0 Å². The monoisotopic (exact) mass is 210 g/mol. The van der Waals surface area contributed by atoms with Crippen molar-refractivity contribution in [1.29, 1.82) is 0 Å². The first-order valence-corrected chi connectivity index (χ1v) is 5.41. The van der Waals surface area contributed by atoms with Crippen molar-refractivity contribution in [2.45, 2.75) is 20.0 Å². The molecule has 0 aromatic rings. The summed E-state index contributed by atoms with van der Waals surface area (Å²) in [4.78, 5) is 16.8. The summed E-state index contributed by atoms with van der Waals surface area (Å²) in [6.07, 6.45) is 3.02. The first kappa shape index (κ1) is 12.8. The smallest absolute Gasteiger partial charge is 0.375 e. The first-order valence-electron chi connectivity index (χ1n) is 3.88. The van der Waals surface area contributed by atoms with Gasteiger partial charge in [0.05, 0.1) is 19.3 Å². The zero-order valence-corrected chi connectivity index (χ0v) is 8.61. The van der Waals surface area contributed by atoms with Gasteiger partial charge in [-0.2, -0.15) is 0 Å². The van der Waals surface area contributed by atoms with Crippen LogP contribution in [0, 0.1) is 0 Å². The quantitative estimate of drug-likeness (QED) is 0.389. The van der Waals surface area contributed by atoms with Crippen LogP contribution in [-0.2, 0) is 13.8 Å². The van der Waals surface area contributed by atoms with E-state index in [-0.39, 0.29) is 6.61 Å². The Morgan fingerprint density at radius 3 is 2.62 bits per heavy atom. The number of hydrogen-bond acceptors (Lipinski definition) is 3. The lowest BCUT2D eigenvalue weighted by Gasteiger charge is -2.12. The van der Waals surface area contributed by atoms with Crippen LogP contribution in [0.15, 0.2) is 12.2 Å². The maximum Gasteiger partial charge on any atom is 0.469 e. The highest BCUT2D eigenvalue weighted by atomic mass is 31.2. The van der Waals surface area contributed by atoms with Crippen LogP contribution in [-0.4, -0.2) is 29.1 Å². The van der Waals surface area contributed by atoms with E-state index < -0.39 is 13.9 Å². The number of phosphoric ester groups is 1. The van der Waals surface area contributed by atoms with Crippen LogP contribution < -0.4 is 0 Å². The fraction of sp³-hybridized carbons (Fsp3) is 0.714. The predicted molar refractivity (Wildman–Crippen MR) is 48.2 cm³/mol. The molecule has 13 heavy (non-hydrogen) atoms. The molecule has 0 aliphatic carbocycles. The molecule has 0 aliphatic heterocycles. The average Bonchev–Trinajstić information content (AvgIpc) is 1.94. The third-order valence-corrected chi connectivity index (χ3v) is 1.75. The maximum atomic E-state index is 10.3. The van der Waals surface area contributed by atoms with Gasteiger partial charge in [-0.1, -0.05) is 12.2 Å². The van der Waals surface area contributed by atoms with E-state index in [2.05, 4.69) is 4.52 Å². The Kier molecular flexibility index (Phi) is 6.20. The average molecular weight is 210 g/mol. The number of rotatable bonds is 6. The highest BCUT2D eigenvalue weighted by Gasteiger charge is 2.18. The predicted octanol–water partition coefficient (Wildman–Crippen LogP) is 1.08. The van der Waals surface area contributed by atoms with Crippen LogP contribution in [0.2, 0.25) is 0 Å². The SMILES string of the molecule is CC=CCOCC(C)OP(=O)(O)O. The van der Waals surface area contributed by atoms with Crippen molar-refractivity contribution >= 4 is 7.82 Å². The van der Waals surface area contributed by atoms with E-state index in [1.54, 1.807) is 6.08 Å². The molecule has 0 rings (SSSR count). The van der Waals surface area contributed by atoms with E-state index in [1.165, 1.54) is 6.92 Å². The van der Waals surface area contributed by atoms with E-state index in [1.807, 2.05) is 13.0 Å². The van der Waals surface area contributed by atoms with Gasteiger partial charge in [-0.3, -0.25) is 4.52 Å². The second-order valence-corrected chi connectivity index (χ2v) is 3.71. The molecule has 0 aromatic carbocycles. The summed E-state index contributed by atoms with van der Waals surface area (Å²) in [6, 6.07) is 0. The van der Waals surface area contributed by atoms with Gasteiger partial charge in [0.2, 0.25) is 0 Å². The van der Waals surface area contributed by atoms with E-state index in [0.29, 0.717) is 6.61 Å². The van der Waals surface area contributed by atoms with Crippen LogP contribution in [0.1, 0.15) is 13.8 Å². The lowest BCUT2D eigenvalue weighted by atomic mass is 10.4. The molecule has 6 heteroatoms. The molecule has 78 valence electrons. The molecule has 0 bridgehead atoms. The van der Waals surface area contributed by atoms with Crippen LogP contribution in [0.5, 0.6) is 0 Å². The lowest BCUT2D eigenvalue weighted by Crippen LogP contribution is -2.14. The Hall–Kier alpha value is -0.190. The molecule has 1 unspecified atom stereocenters. The van der Waals surface area contributed by atoms with E-state index in [4.69, 9.17) is 14.5 Å². The Balaban J connectivity index is 3.52. The molecule has 0 heterocycles. The van der Waals surface area contributed by atoms with Gasteiger partial charge in [0.15, 0.2) is 0 Å². The number of ether oxygens (including phenoxy) is 1. The van der Waals surface area contributed by atoms with Gasteiger partial charge in [-0.15, -0.1) is 0 Å². The normalized spacial score (nSPS) is 15.1. The largest absolute Gasteiger partial charge is 0.469 e. The van der Waals surface area contributed by atoms with E-state index in [0.717, 1.165) is 0 Å². The molecule has 0 radical (unpaired) electrons. The zero-order valence-electron chi connectivity index (χ0n) is 7.71. The van der Waals surface area contributed by atoms with Crippen molar-refractivity contribution in [2.75, 3.05) is 13.2 Å². The van der Waals surface area contributed by atoms with Gasteiger partial charge in [-0.25, -0.2) is 4.57 Å². The second-order valence-electron chi connectivity index (χ2n) is 2.51. The van der Waals surface area contributed by atoms with Gasteiger partial charge in [0.25, 0.3) is 0 Å². The first-order chi connectivity index (χ1) is 5.95. The Morgan fingerprint density at radius 2 is 2.15 bits per heavy atom. The molecule has 0 spiro atoms. The number of hydrogen-bond donors (Lipinski definition) is 2. The molecule has 0 saturated heterocycles. The number of phosphoric acid groups is 1. The molecule has 5 nitrogen and oxygen atoms in total. The fourth-order valence-electron chi connectivity index (χ4n) is 0.663. The summed E-state index contributed by atoms with van der Waals surface area (Å²) >= 11 is 0. The fourth-order valence-corrected chi connectivity index (χ4v) is 1.19. The molecule has 0 fully saturated rings. The summed E-state index contributed by atoms with van der Waals surface area (Å²) < 4.78 is 19.7. The minimum Gasteiger partial charge on any atom is -0.375 e. The van der Waals surface area contributed by atoms with Crippen LogP contribution >= 0.6 is 7.82 Å². The molecule has 0 aromatic heterocycles. The van der Waals surface area contributed by atoms with Crippen molar-refractivity contribution in [1.82, 2.24) is 0 Å². The summed E-state index contributed by atoms with van der Waals surface area (Å²) in [6.45, 7) is 3.98. The van der Waals surface area contributed by atoms with Crippen molar-refractivity contribution in [3.05, 3.63) is 12.2 Å².